The number of nitrogens with zero attached hydrogens (tertiary/aromatic N) is 4. The molecule has 0 fully saturated rings. The van der Waals surface area contributed by atoms with Gasteiger partial charge in [0.2, 0.25) is 0 Å². The van der Waals surface area contributed by atoms with E-state index in [1.165, 1.54) is 0 Å². The largest absolute Gasteiger partial charge is 0.481 e. The van der Waals surface area contributed by atoms with Gasteiger partial charge in [0.1, 0.15) is 5.52 Å². The number of anilines is 1. The first-order valence-corrected chi connectivity index (χ1v) is 5.88. The first-order valence-electron chi connectivity index (χ1n) is 5.88. The summed E-state index contributed by atoms with van der Waals surface area (Å²) >= 11 is 0. The van der Waals surface area contributed by atoms with Crippen molar-refractivity contribution < 1.29 is 9.90 Å². The van der Waals surface area contributed by atoms with Crippen LogP contribution in [-0.2, 0) is 11.3 Å². The van der Waals surface area contributed by atoms with Crippen molar-refractivity contribution in [2.75, 3.05) is 18.5 Å². The fourth-order valence-electron chi connectivity index (χ4n) is 1.82. The Morgan fingerprint density at radius 3 is 2.94 bits per heavy atom. The highest BCUT2D eigenvalue weighted by molar-refractivity contribution is 5.79. The molecule has 6 nitrogen and oxygen atoms in total. The lowest BCUT2D eigenvalue weighted by molar-refractivity contribution is -0.136. The molecule has 0 atom stereocenters. The number of carboxylic acids is 1. The van der Waals surface area contributed by atoms with E-state index in [1.807, 2.05) is 41.8 Å². The fourth-order valence-corrected chi connectivity index (χ4v) is 1.82. The monoisotopic (exact) mass is 248 g/mol. The number of rotatable bonds is 5. The molecule has 1 aromatic carbocycles. The first-order chi connectivity index (χ1) is 8.61. The quantitative estimate of drug-likeness (QED) is 0.865. The van der Waals surface area contributed by atoms with Gasteiger partial charge in [0.15, 0.2) is 0 Å². The Hall–Kier alpha value is -2.11. The number of hydrogen-bond donors (Lipinski definition) is 1. The summed E-state index contributed by atoms with van der Waals surface area (Å²) in [5.41, 5.74) is 2.77. The number of carbonyl (C=O) groups is 1. The third-order valence-electron chi connectivity index (χ3n) is 2.90. The van der Waals surface area contributed by atoms with E-state index in [0.717, 1.165) is 23.3 Å². The number of aliphatic carboxylic acids is 1. The molecule has 1 heterocycles. The van der Waals surface area contributed by atoms with Gasteiger partial charge in [-0.2, -0.15) is 0 Å². The maximum Gasteiger partial charge on any atom is 0.305 e. The Morgan fingerprint density at radius 1 is 1.50 bits per heavy atom. The lowest BCUT2D eigenvalue weighted by atomic mass is 10.2. The molecule has 0 aliphatic rings. The van der Waals surface area contributed by atoms with Crippen LogP contribution in [0.4, 0.5) is 5.69 Å². The minimum atomic E-state index is -0.792. The van der Waals surface area contributed by atoms with Crippen molar-refractivity contribution in [2.24, 2.45) is 0 Å². The fraction of sp³-hybridized carbons (Fsp3) is 0.417. The average Bonchev–Trinajstić information content (AvgIpc) is 2.77. The molecule has 2 aromatic rings. The minimum absolute atomic E-state index is 0.121. The van der Waals surface area contributed by atoms with Crippen molar-refractivity contribution in [3.8, 4) is 0 Å². The smallest absolute Gasteiger partial charge is 0.305 e. The van der Waals surface area contributed by atoms with Crippen molar-refractivity contribution in [3.63, 3.8) is 0 Å². The van der Waals surface area contributed by atoms with Gasteiger partial charge in [0, 0.05) is 25.8 Å². The van der Waals surface area contributed by atoms with Gasteiger partial charge in [-0.1, -0.05) is 5.21 Å². The standard InChI is InChI=1S/C12H16N4O2/c1-3-16-11-5-4-9(8-10(11)13-14-16)15(2)7-6-12(17)18/h4-5,8H,3,6-7H2,1-2H3,(H,17,18). The van der Waals surface area contributed by atoms with Crippen molar-refractivity contribution in [1.82, 2.24) is 15.0 Å². The molecule has 0 unspecified atom stereocenters. The summed E-state index contributed by atoms with van der Waals surface area (Å²) < 4.78 is 1.83. The summed E-state index contributed by atoms with van der Waals surface area (Å²) in [7, 11) is 1.87. The van der Waals surface area contributed by atoms with Gasteiger partial charge >= 0.3 is 5.97 Å². The number of aromatic nitrogens is 3. The topological polar surface area (TPSA) is 71.2 Å². The van der Waals surface area contributed by atoms with Crippen LogP contribution in [0.5, 0.6) is 0 Å². The van der Waals surface area contributed by atoms with Crippen molar-refractivity contribution in [3.05, 3.63) is 18.2 Å². The van der Waals surface area contributed by atoms with E-state index in [2.05, 4.69) is 10.3 Å². The Kier molecular flexibility index (Phi) is 3.45. The van der Waals surface area contributed by atoms with Crippen LogP contribution in [0, 0.1) is 0 Å². The molecule has 0 aliphatic heterocycles. The summed E-state index contributed by atoms with van der Waals surface area (Å²) in [5.74, 6) is -0.792. The van der Waals surface area contributed by atoms with Gasteiger partial charge < -0.3 is 10.0 Å². The predicted octanol–water partition coefficient (Wildman–Crippen LogP) is 1.36. The van der Waals surface area contributed by atoms with Crippen LogP contribution in [0.15, 0.2) is 18.2 Å². The van der Waals surface area contributed by atoms with E-state index in [-0.39, 0.29) is 6.42 Å². The average molecular weight is 248 g/mol. The van der Waals surface area contributed by atoms with E-state index in [0.29, 0.717) is 6.54 Å². The molecule has 2 rings (SSSR count). The van der Waals surface area contributed by atoms with E-state index >= 15 is 0 Å². The summed E-state index contributed by atoms with van der Waals surface area (Å²) in [6, 6.07) is 5.85. The summed E-state index contributed by atoms with van der Waals surface area (Å²) in [6.07, 6.45) is 0.121. The second-order valence-corrected chi connectivity index (χ2v) is 4.14. The van der Waals surface area contributed by atoms with Gasteiger partial charge in [-0.3, -0.25) is 4.79 Å². The molecular formula is C12H16N4O2. The Labute approximate surface area is 105 Å². The van der Waals surface area contributed by atoms with E-state index in [4.69, 9.17) is 5.11 Å². The van der Waals surface area contributed by atoms with Crippen LogP contribution in [0.3, 0.4) is 0 Å². The summed E-state index contributed by atoms with van der Waals surface area (Å²) in [5, 5.41) is 16.8. The zero-order valence-electron chi connectivity index (χ0n) is 10.5. The maximum absolute atomic E-state index is 10.5. The predicted molar refractivity (Wildman–Crippen MR) is 68.7 cm³/mol. The van der Waals surface area contributed by atoms with Crippen LogP contribution >= 0.6 is 0 Å². The van der Waals surface area contributed by atoms with Gasteiger partial charge in [0.25, 0.3) is 0 Å². The minimum Gasteiger partial charge on any atom is -0.481 e. The van der Waals surface area contributed by atoms with Gasteiger partial charge in [-0.25, -0.2) is 4.68 Å². The molecule has 1 N–H and O–H groups in total. The lowest BCUT2D eigenvalue weighted by Crippen LogP contribution is -2.20. The zero-order chi connectivity index (χ0) is 13.1. The molecule has 0 radical (unpaired) electrons. The molecule has 0 amide bonds. The van der Waals surface area contributed by atoms with Gasteiger partial charge in [-0.05, 0) is 25.1 Å². The molecule has 6 heteroatoms. The number of hydrogen-bond acceptors (Lipinski definition) is 4. The van der Waals surface area contributed by atoms with E-state index in [9.17, 15) is 4.79 Å². The molecular weight excluding hydrogens is 232 g/mol. The Balaban J connectivity index is 2.21. The molecule has 0 saturated carbocycles. The molecule has 0 spiro atoms. The second-order valence-electron chi connectivity index (χ2n) is 4.14. The van der Waals surface area contributed by atoms with Crippen LogP contribution in [-0.4, -0.2) is 39.7 Å². The van der Waals surface area contributed by atoms with Gasteiger partial charge in [0.05, 0.1) is 11.9 Å². The molecule has 0 aliphatic carbocycles. The van der Waals surface area contributed by atoms with Gasteiger partial charge in [-0.15, -0.1) is 5.10 Å². The molecule has 18 heavy (non-hydrogen) atoms. The number of aryl methyl sites for hydroxylation is 1. The van der Waals surface area contributed by atoms with E-state index in [1.54, 1.807) is 0 Å². The maximum atomic E-state index is 10.5. The van der Waals surface area contributed by atoms with Crippen LogP contribution in [0.1, 0.15) is 13.3 Å². The third kappa shape index (κ3) is 2.42. The highest BCUT2D eigenvalue weighted by atomic mass is 16.4. The highest BCUT2D eigenvalue weighted by Gasteiger charge is 2.08. The lowest BCUT2D eigenvalue weighted by Gasteiger charge is -2.17. The Morgan fingerprint density at radius 2 is 2.28 bits per heavy atom. The van der Waals surface area contributed by atoms with Crippen LogP contribution in [0.25, 0.3) is 11.0 Å². The normalized spacial score (nSPS) is 10.8. The van der Waals surface area contributed by atoms with Crippen molar-refractivity contribution >= 4 is 22.7 Å². The van der Waals surface area contributed by atoms with Crippen molar-refractivity contribution in [1.29, 1.82) is 0 Å². The van der Waals surface area contributed by atoms with Crippen LogP contribution < -0.4 is 4.90 Å². The second kappa shape index (κ2) is 5.03. The number of benzene rings is 1. The molecule has 1 aromatic heterocycles. The first kappa shape index (κ1) is 12.3. The number of carboxylic acid groups (broad SMARTS) is 1. The van der Waals surface area contributed by atoms with Crippen molar-refractivity contribution in [2.45, 2.75) is 19.9 Å². The van der Waals surface area contributed by atoms with E-state index < -0.39 is 5.97 Å². The molecule has 96 valence electrons. The van der Waals surface area contributed by atoms with Crippen LogP contribution in [0.2, 0.25) is 0 Å². The number of fused-ring (bicyclic) bond motifs is 1. The molecule has 0 saturated heterocycles. The summed E-state index contributed by atoms with van der Waals surface area (Å²) in [6.45, 7) is 3.27. The molecule has 0 bridgehead atoms. The Bertz CT molecular complexity index is 564. The summed E-state index contributed by atoms with van der Waals surface area (Å²) in [4.78, 5) is 12.4. The highest BCUT2D eigenvalue weighted by Crippen LogP contribution is 2.19. The SMILES string of the molecule is CCn1nnc2cc(N(C)CCC(=O)O)ccc21. The third-order valence-corrected chi connectivity index (χ3v) is 2.90. The zero-order valence-corrected chi connectivity index (χ0v) is 10.5.